The maximum absolute atomic E-state index is 11.4. The topological polar surface area (TPSA) is 113 Å². The summed E-state index contributed by atoms with van der Waals surface area (Å²) in [5.41, 5.74) is -0.345. The standard InChI is InChI=1S/C9H8N6O2/c16-7-3-2-6(14-15-7)12-9(17)13-8-10-4-1-5-11-8/h1-5H,(H,15,16)(H2,10,11,12,13,14,17). The number of hydrogen-bond acceptors (Lipinski definition) is 5. The number of nitrogens with zero attached hydrogens (tertiary/aromatic N) is 3. The molecule has 2 aromatic rings. The average molecular weight is 232 g/mol. The van der Waals surface area contributed by atoms with Crippen LogP contribution in [-0.4, -0.2) is 26.2 Å². The van der Waals surface area contributed by atoms with Crippen LogP contribution >= 0.6 is 0 Å². The van der Waals surface area contributed by atoms with Crippen molar-refractivity contribution in [2.45, 2.75) is 0 Å². The Morgan fingerprint density at radius 2 is 1.94 bits per heavy atom. The van der Waals surface area contributed by atoms with Crippen molar-refractivity contribution in [3.05, 3.63) is 40.9 Å². The highest BCUT2D eigenvalue weighted by Gasteiger charge is 2.04. The van der Waals surface area contributed by atoms with Crippen LogP contribution < -0.4 is 16.2 Å². The Balaban J connectivity index is 1.98. The first-order chi connectivity index (χ1) is 8.24. The van der Waals surface area contributed by atoms with Crippen LogP contribution in [0.25, 0.3) is 0 Å². The molecule has 2 heterocycles. The third kappa shape index (κ3) is 3.09. The van der Waals surface area contributed by atoms with Gasteiger partial charge in [-0.1, -0.05) is 0 Å². The van der Waals surface area contributed by atoms with Crippen LogP contribution in [0.4, 0.5) is 16.6 Å². The SMILES string of the molecule is O=C(Nc1ccc(=O)[nH]n1)Nc1ncccn1. The number of amides is 2. The van der Waals surface area contributed by atoms with E-state index in [0.29, 0.717) is 0 Å². The van der Waals surface area contributed by atoms with E-state index < -0.39 is 6.03 Å². The first kappa shape index (κ1) is 10.7. The number of urea groups is 1. The van der Waals surface area contributed by atoms with E-state index in [0.717, 1.165) is 0 Å². The molecule has 0 saturated heterocycles. The van der Waals surface area contributed by atoms with E-state index in [4.69, 9.17) is 0 Å². The number of rotatable bonds is 2. The first-order valence-corrected chi connectivity index (χ1v) is 4.65. The normalized spacial score (nSPS) is 9.65. The highest BCUT2D eigenvalue weighted by Crippen LogP contribution is 1.99. The molecule has 0 bridgehead atoms. The molecule has 0 saturated carbocycles. The van der Waals surface area contributed by atoms with Crippen LogP contribution in [0.2, 0.25) is 0 Å². The zero-order valence-electron chi connectivity index (χ0n) is 8.54. The number of carbonyl (C=O) groups excluding carboxylic acids is 1. The zero-order valence-corrected chi connectivity index (χ0v) is 8.54. The molecule has 0 spiro atoms. The molecular formula is C9H8N6O2. The smallest absolute Gasteiger partial charge is 0.291 e. The van der Waals surface area contributed by atoms with Gasteiger partial charge in [-0.2, -0.15) is 5.10 Å². The summed E-state index contributed by atoms with van der Waals surface area (Å²) >= 11 is 0. The van der Waals surface area contributed by atoms with Gasteiger partial charge in [0, 0.05) is 18.5 Å². The Morgan fingerprint density at radius 3 is 2.59 bits per heavy atom. The number of aromatic nitrogens is 4. The van der Waals surface area contributed by atoms with Gasteiger partial charge in [0.15, 0.2) is 5.82 Å². The van der Waals surface area contributed by atoms with Gasteiger partial charge in [0.25, 0.3) is 5.56 Å². The fourth-order valence-electron chi connectivity index (χ4n) is 1.03. The molecule has 2 rings (SSSR count). The molecule has 17 heavy (non-hydrogen) atoms. The summed E-state index contributed by atoms with van der Waals surface area (Å²) in [5.74, 6) is 0.396. The summed E-state index contributed by atoms with van der Waals surface area (Å²) in [4.78, 5) is 29.8. The van der Waals surface area contributed by atoms with Crippen LogP contribution in [0, 0.1) is 0 Å². The molecule has 2 aromatic heterocycles. The van der Waals surface area contributed by atoms with Crippen LogP contribution in [-0.2, 0) is 0 Å². The predicted molar refractivity (Wildman–Crippen MR) is 59.5 cm³/mol. The Labute approximate surface area is 95.1 Å². The molecule has 0 aliphatic carbocycles. The molecule has 2 amide bonds. The fraction of sp³-hybridized carbons (Fsp3) is 0. The molecule has 0 atom stereocenters. The molecule has 0 unspecified atom stereocenters. The minimum Gasteiger partial charge on any atom is -0.291 e. The second kappa shape index (κ2) is 4.84. The van der Waals surface area contributed by atoms with Gasteiger partial charge >= 0.3 is 6.03 Å². The van der Waals surface area contributed by atoms with Gasteiger partial charge in [-0.05, 0) is 12.1 Å². The summed E-state index contributed by atoms with van der Waals surface area (Å²) in [7, 11) is 0. The Bertz CT molecular complexity index is 547. The third-order valence-electron chi connectivity index (χ3n) is 1.71. The van der Waals surface area contributed by atoms with Gasteiger partial charge in [-0.15, -0.1) is 0 Å². The van der Waals surface area contributed by atoms with Gasteiger partial charge in [-0.25, -0.2) is 19.9 Å². The average Bonchev–Trinajstić information content (AvgIpc) is 2.33. The van der Waals surface area contributed by atoms with E-state index in [1.54, 1.807) is 6.07 Å². The summed E-state index contributed by atoms with van der Waals surface area (Å²) in [6, 6.07) is 3.72. The van der Waals surface area contributed by atoms with Crippen molar-refractivity contribution in [1.82, 2.24) is 20.2 Å². The molecule has 86 valence electrons. The molecule has 0 aromatic carbocycles. The lowest BCUT2D eigenvalue weighted by Crippen LogP contribution is -2.22. The van der Waals surface area contributed by atoms with E-state index in [2.05, 4.69) is 30.8 Å². The number of anilines is 2. The van der Waals surface area contributed by atoms with E-state index >= 15 is 0 Å². The van der Waals surface area contributed by atoms with Crippen molar-refractivity contribution in [2.24, 2.45) is 0 Å². The Hall–Kier alpha value is -2.77. The first-order valence-electron chi connectivity index (χ1n) is 4.65. The summed E-state index contributed by atoms with van der Waals surface area (Å²) < 4.78 is 0. The van der Waals surface area contributed by atoms with E-state index in [9.17, 15) is 9.59 Å². The quantitative estimate of drug-likeness (QED) is 0.684. The van der Waals surface area contributed by atoms with Crippen molar-refractivity contribution >= 4 is 17.8 Å². The van der Waals surface area contributed by atoms with E-state index in [-0.39, 0.29) is 17.3 Å². The molecule has 3 N–H and O–H groups in total. The van der Waals surface area contributed by atoms with Crippen molar-refractivity contribution < 1.29 is 4.79 Å². The molecule has 0 fully saturated rings. The molecule has 0 aliphatic heterocycles. The summed E-state index contributed by atoms with van der Waals surface area (Å²) in [5, 5.41) is 10.6. The molecule has 8 heteroatoms. The number of aromatic amines is 1. The van der Waals surface area contributed by atoms with Crippen LogP contribution in [0.5, 0.6) is 0 Å². The monoisotopic (exact) mass is 232 g/mol. The van der Waals surface area contributed by atoms with Crippen molar-refractivity contribution in [1.29, 1.82) is 0 Å². The largest absolute Gasteiger partial charge is 0.327 e. The van der Waals surface area contributed by atoms with Gasteiger partial charge in [0.1, 0.15) is 0 Å². The fourth-order valence-corrected chi connectivity index (χ4v) is 1.03. The van der Waals surface area contributed by atoms with Crippen LogP contribution in [0.15, 0.2) is 35.4 Å². The lowest BCUT2D eigenvalue weighted by atomic mass is 10.5. The Morgan fingerprint density at radius 1 is 1.18 bits per heavy atom. The zero-order chi connectivity index (χ0) is 12.1. The predicted octanol–water partition coefficient (Wildman–Crippen LogP) is 0.204. The maximum Gasteiger partial charge on any atom is 0.327 e. The van der Waals surface area contributed by atoms with E-state index in [1.807, 2.05) is 0 Å². The highest BCUT2D eigenvalue weighted by molar-refractivity contribution is 5.97. The minimum atomic E-state index is -0.546. The number of carbonyl (C=O) groups is 1. The lowest BCUT2D eigenvalue weighted by Gasteiger charge is -2.04. The highest BCUT2D eigenvalue weighted by atomic mass is 16.2. The van der Waals surface area contributed by atoms with Crippen molar-refractivity contribution in [2.75, 3.05) is 10.6 Å². The number of H-pyrrole nitrogens is 1. The molecular weight excluding hydrogens is 224 g/mol. The second-order valence-corrected chi connectivity index (χ2v) is 2.96. The molecule has 8 nitrogen and oxygen atoms in total. The van der Waals surface area contributed by atoms with Crippen LogP contribution in [0.3, 0.4) is 0 Å². The van der Waals surface area contributed by atoms with E-state index in [1.165, 1.54) is 24.5 Å². The summed E-state index contributed by atoms with van der Waals surface area (Å²) in [6.45, 7) is 0. The number of hydrogen-bond donors (Lipinski definition) is 3. The van der Waals surface area contributed by atoms with Crippen molar-refractivity contribution in [3.8, 4) is 0 Å². The van der Waals surface area contributed by atoms with Crippen molar-refractivity contribution in [3.63, 3.8) is 0 Å². The minimum absolute atomic E-state index is 0.175. The molecule has 0 aliphatic rings. The van der Waals surface area contributed by atoms with Gasteiger partial charge < -0.3 is 0 Å². The van der Waals surface area contributed by atoms with Gasteiger partial charge in [0.2, 0.25) is 5.95 Å². The second-order valence-electron chi connectivity index (χ2n) is 2.96. The maximum atomic E-state index is 11.4. The Kier molecular flexibility index (Phi) is 3.05. The van der Waals surface area contributed by atoms with Gasteiger partial charge in [0.05, 0.1) is 0 Å². The lowest BCUT2D eigenvalue weighted by molar-refractivity contribution is 0.262. The third-order valence-corrected chi connectivity index (χ3v) is 1.71. The van der Waals surface area contributed by atoms with Gasteiger partial charge in [-0.3, -0.25) is 15.4 Å². The van der Waals surface area contributed by atoms with Crippen LogP contribution in [0.1, 0.15) is 0 Å². The molecule has 0 radical (unpaired) electrons. The number of nitrogens with one attached hydrogen (secondary N) is 3. The summed E-state index contributed by atoms with van der Waals surface area (Å²) in [6.07, 6.45) is 3.00.